The molecular weight excluding hydrogens is 304 g/mol. The maximum Gasteiger partial charge on any atom is 0.159 e. The topological polar surface area (TPSA) is 77.8 Å². The Morgan fingerprint density at radius 1 is 1.04 bits per heavy atom. The molecule has 3 aliphatic carbocycles. The third kappa shape index (κ3) is 2.33. The molecule has 0 aromatic carbocycles. The van der Waals surface area contributed by atoms with Crippen molar-refractivity contribution < 1.29 is 20.1 Å². The Morgan fingerprint density at radius 2 is 1.67 bits per heavy atom. The fourth-order valence-corrected chi connectivity index (χ4v) is 5.65. The van der Waals surface area contributed by atoms with Crippen molar-refractivity contribution in [2.75, 3.05) is 0 Å². The third-order valence-electron chi connectivity index (χ3n) is 7.28. The van der Waals surface area contributed by atoms with Gasteiger partial charge in [0, 0.05) is 11.8 Å². The normalized spacial score (nSPS) is 49.2. The molecular formula is C20H32O4. The molecule has 0 spiro atoms. The Morgan fingerprint density at radius 3 is 2.25 bits per heavy atom. The maximum absolute atomic E-state index is 12.7. The summed E-state index contributed by atoms with van der Waals surface area (Å²) >= 11 is 0. The smallest absolute Gasteiger partial charge is 0.159 e. The van der Waals surface area contributed by atoms with Gasteiger partial charge in [-0.2, -0.15) is 0 Å². The zero-order valence-corrected chi connectivity index (χ0v) is 15.6. The van der Waals surface area contributed by atoms with Gasteiger partial charge in [-0.3, -0.25) is 4.79 Å². The second-order valence-electron chi connectivity index (χ2n) is 9.49. The molecule has 0 aromatic rings. The van der Waals surface area contributed by atoms with E-state index in [9.17, 15) is 20.1 Å². The molecule has 4 heteroatoms. The van der Waals surface area contributed by atoms with Crippen LogP contribution in [0, 0.1) is 22.7 Å². The molecule has 6 atom stereocenters. The van der Waals surface area contributed by atoms with Gasteiger partial charge in [-0.15, -0.1) is 0 Å². The van der Waals surface area contributed by atoms with Crippen molar-refractivity contribution in [3.63, 3.8) is 0 Å². The van der Waals surface area contributed by atoms with Gasteiger partial charge < -0.3 is 15.3 Å². The number of rotatable bonds is 1. The molecule has 4 nitrogen and oxygen atoms in total. The average molecular weight is 336 g/mol. The predicted octanol–water partition coefficient (Wildman–Crippen LogP) is 2.60. The third-order valence-corrected chi connectivity index (χ3v) is 7.28. The van der Waals surface area contributed by atoms with E-state index in [1.54, 1.807) is 6.92 Å². The van der Waals surface area contributed by atoms with Gasteiger partial charge in [0.2, 0.25) is 0 Å². The minimum absolute atomic E-state index is 0.0405. The number of aliphatic hydroxyl groups excluding tert-OH is 2. The van der Waals surface area contributed by atoms with Crippen molar-refractivity contribution in [2.24, 2.45) is 22.7 Å². The Kier molecular flexibility index (Phi) is 4.06. The summed E-state index contributed by atoms with van der Waals surface area (Å²) in [4.78, 5) is 12.7. The first-order chi connectivity index (χ1) is 10.9. The second-order valence-corrected chi connectivity index (χ2v) is 9.49. The molecule has 0 saturated heterocycles. The van der Waals surface area contributed by atoms with Crippen LogP contribution in [0.25, 0.3) is 0 Å². The Bertz CT molecular complexity index is 590. The number of Topliss-reactive ketones (excluding diaryl/α,β-unsaturated/α-hetero) is 1. The van der Waals surface area contributed by atoms with Gasteiger partial charge in [-0.1, -0.05) is 33.3 Å². The number of allylic oxidation sites excluding steroid dienone is 2. The lowest BCUT2D eigenvalue weighted by Crippen LogP contribution is -2.54. The van der Waals surface area contributed by atoms with Crippen molar-refractivity contribution in [1.82, 2.24) is 0 Å². The molecule has 0 radical (unpaired) electrons. The van der Waals surface area contributed by atoms with E-state index in [1.807, 2.05) is 6.92 Å². The Hall–Kier alpha value is -0.710. The summed E-state index contributed by atoms with van der Waals surface area (Å²) in [7, 11) is 0. The quantitative estimate of drug-likeness (QED) is 0.688. The lowest BCUT2D eigenvalue weighted by Gasteiger charge is -2.51. The molecule has 0 heterocycles. The van der Waals surface area contributed by atoms with Crippen molar-refractivity contribution >= 4 is 5.78 Å². The number of hydrogen-bond acceptors (Lipinski definition) is 4. The fraction of sp³-hybridized carbons (Fsp3) is 0.850. The Balaban J connectivity index is 2.16. The van der Waals surface area contributed by atoms with Crippen LogP contribution in [-0.2, 0) is 4.79 Å². The first kappa shape index (κ1) is 18.1. The number of hydrogen-bond donors (Lipinski definition) is 3. The van der Waals surface area contributed by atoms with Crippen LogP contribution >= 0.6 is 0 Å². The van der Waals surface area contributed by atoms with E-state index in [0.717, 1.165) is 18.4 Å². The predicted molar refractivity (Wildman–Crippen MR) is 92.3 cm³/mol. The fourth-order valence-electron chi connectivity index (χ4n) is 5.65. The highest BCUT2D eigenvalue weighted by molar-refractivity contribution is 6.00. The zero-order chi connectivity index (χ0) is 18.1. The van der Waals surface area contributed by atoms with Gasteiger partial charge in [0.05, 0.1) is 11.7 Å². The van der Waals surface area contributed by atoms with Gasteiger partial charge in [0.1, 0.15) is 6.10 Å². The molecule has 0 bridgehead atoms. The Labute approximate surface area is 145 Å². The van der Waals surface area contributed by atoms with Crippen LogP contribution in [0.2, 0.25) is 0 Å². The van der Waals surface area contributed by atoms with Crippen LogP contribution in [0.5, 0.6) is 0 Å². The van der Waals surface area contributed by atoms with Gasteiger partial charge in [-0.05, 0) is 55.4 Å². The first-order valence-electron chi connectivity index (χ1n) is 9.30. The molecule has 2 fully saturated rings. The highest BCUT2D eigenvalue weighted by atomic mass is 16.4. The largest absolute Gasteiger partial charge is 0.390 e. The van der Waals surface area contributed by atoms with E-state index < -0.39 is 23.2 Å². The summed E-state index contributed by atoms with van der Waals surface area (Å²) in [5, 5.41) is 32.1. The molecule has 3 N–H and O–H groups in total. The minimum atomic E-state index is -1.29. The molecule has 24 heavy (non-hydrogen) atoms. The maximum atomic E-state index is 12.7. The van der Waals surface area contributed by atoms with Crippen LogP contribution < -0.4 is 0 Å². The summed E-state index contributed by atoms with van der Waals surface area (Å²) in [5.41, 5.74) is 0.232. The minimum Gasteiger partial charge on any atom is -0.390 e. The molecule has 136 valence electrons. The number of ketones is 1. The average Bonchev–Trinajstić information content (AvgIpc) is 2.72. The van der Waals surface area contributed by atoms with Crippen LogP contribution in [0.1, 0.15) is 66.7 Å². The standard InChI is InChI=1S/C20H32O4/c1-11(2)14-13(21)10-18(3)8-9-19(4)12(15(14)18)6-7-20(5,24)17(23)16(19)22/h11-12,16-17,22-24H,6-10H2,1-5H3. The van der Waals surface area contributed by atoms with Gasteiger partial charge in [-0.25, -0.2) is 0 Å². The van der Waals surface area contributed by atoms with E-state index in [2.05, 4.69) is 20.8 Å². The van der Waals surface area contributed by atoms with E-state index in [-0.39, 0.29) is 23.0 Å². The van der Waals surface area contributed by atoms with Crippen LogP contribution in [-0.4, -0.2) is 38.9 Å². The molecule has 0 aromatic heterocycles. The highest BCUT2D eigenvalue weighted by Crippen LogP contribution is 2.63. The number of carbonyl (C=O) groups excluding carboxylic acids is 1. The van der Waals surface area contributed by atoms with Crippen molar-refractivity contribution in [2.45, 2.75) is 84.5 Å². The molecule has 0 aliphatic heterocycles. The lowest BCUT2D eigenvalue weighted by atomic mass is 9.54. The van der Waals surface area contributed by atoms with Gasteiger partial charge in [0.25, 0.3) is 0 Å². The number of carbonyl (C=O) groups is 1. The summed E-state index contributed by atoms with van der Waals surface area (Å²) < 4.78 is 0. The van der Waals surface area contributed by atoms with E-state index in [4.69, 9.17) is 0 Å². The van der Waals surface area contributed by atoms with E-state index >= 15 is 0 Å². The van der Waals surface area contributed by atoms with Crippen LogP contribution in [0.15, 0.2) is 11.1 Å². The van der Waals surface area contributed by atoms with Gasteiger partial charge in [0.15, 0.2) is 5.78 Å². The van der Waals surface area contributed by atoms with Crippen molar-refractivity contribution in [3.8, 4) is 0 Å². The van der Waals surface area contributed by atoms with Crippen molar-refractivity contribution in [3.05, 3.63) is 11.1 Å². The summed E-state index contributed by atoms with van der Waals surface area (Å²) in [5.74, 6) is 0.457. The first-order valence-corrected chi connectivity index (χ1v) is 9.30. The highest BCUT2D eigenvalue weighted by Gasteiger charge is 2.60. The number of aliphatic hydroxyl groups is 3. The van der Waals surface area contributed by atoms with Gasteiger partial charge >= 0.3 is 0 Å². The number of fused-ring (bicyclic) bond motifs is 3. The summed E-state index contributed by atoms with van der Waals surface area (Å²) in [6.45, 7) is 9.95. The van der Waals surface area contributed by atoms with E-state index in [0.29, 0.717) is 19.3 Å². The monoisotopic (exact) mass is 336 g/mol. The van der Waals surface area contributed by atoms with E-state index in [1.165, 1.54) is 5.57 Å². The van der Waals surface area contributed by atoms with Crippen LogP contribution in [0.4, 0.5) is 0 Å². The molecule has 0 amide bonds. The molecule has 3 rings (SSSR count). The summed E-state index contributed by atoms with van der Waals surface area (Å²) in [6, 6.07) is 0. The lowest BCUT2D eigenvalue weighted by molar-refractivity contribution is -0.149. The van der Waals surface area contributed by atoms with Crippen molar-refractivity contribution in [1.29, 1.82) is 0 Å². The van der Waals surface area contributed by atoms with Crippen LogP contribution in [0.3, 0.4) is 0 Å². The zero-order valence-electron chi connectivity index (χ0n) is 15.6. The molecule has 6 unspecified atom stereocenters. The molecule has 2 saturated carbocycles. The summed E-state index contributed by atoms with van der Waals surface area (Å²) in [6.07, 6.45) is 1.18. The molecule has 3 aliphatic rings. The SMILES string of the molecule is CC(C)C1=C2C3CCC(C)(O)C(O)C(O)C3(C)CCC2(C)CC1=O. The second kappa shape index (κ2) is 5.39.